The minimum Gasteiger partial charge on any atom is -0.450 e. The highest BCUT2D eigenvalue weighted by molar-refractivity contribution is 5.88. The van der Waals surface area contributed by atoms with E-state index >= 15 is 0 Å². The van der Waals surface area contributed by atoms with Crippen LogP contribution in [0.3, 0.4) is 0 Å². The van der Waals surface area contributed by atoms with Crippen LogP contribution in [0.25, 0.3) is 11.1 Å². The second-order valence-corrected chi connectivity index (χ2v) is 5.75. The van der Waals surface area contributed by atoms with Crippen LogP contribution < -0.4 is 10.6 Å². The van der Waals surface area contributed by atoms with Gasteiger partial charge < -0.3 is 9.47 Å². The molecule has 0 saturated carbocycles. The molecule has 0 unspecified atom stereocenters. The Hall–Kier alpha value is -3.02. The molecule has 2 aromatic rings. The number of carbonyl (C=O) groups excluding carboxylic acids is 2. The Bertz CT molecular complexity index is 735. The molecule has 0 heterocycles. The van der Waals surface area contributed by atoms with Gasteiger partial charge in [-0.2, -0.15) is 0 Å². The fourth-order valence-corrected chi connectivity index (χ4v) is 2.52. The van der Waals surface area contributed by atoms with Gasteiger partial charge in [-0.05, 0) is 74.2 Å². The van der Waals surface area contributed by atoms with E-state index in [4.69, 9.17) is 9.47 Å². The topological polar surface area (TPSA) is 76.7 Å². The standard InChI is InChI=1S/C20H24N2O4/c1-5-25-19(23)21-17-9-7-15(11-13(17)3)16-8-10-18(14(4)12-16)22-20(24)26-6-2/h7-12H,5-6H2,1-4H3,(H,21,23)(H,22,24). The monoisotopic (exact) mass is 356 g/mol. The van der Waals surface area contributed by atoms with Gasteiger partial charge in [0, 0.05) is 11.4 Å². The highest BCUT2D eigenvalue weighted by atomic mass is 16.6. The number of amides is 2. The quantitative estimate of drug-likeness (QED) is 0.781. The molecule has 0 aliphatic carbocycles. The minimum absolute atomic E-state index is 0.328. The van der Waals surface area contributed by atoms with E-state index in [2.05, 4.69) is 10.6 Å². The van der Waals surface area contributed by atoms with Gasteiger partial charge in [0.05, 0.1) is 13.2 Å². The van der Waals surface area contributed by atoms with Gasteiger partial charge in [-0.3, -0.25) is 10.6 Å². The Labute approximate surface area is 153 Å². The summed E-state index contributed by atoms with van der Waals surface area (Å²) < 4.78 is 9.80. The number of rotatable bonds is 5. The van der Waals surface area contributed by atoms with E-state index < -0.39 is 12.2 Å². The lowest BCUT2D eigenvalue weighted by Crippen LogP contribution is -2.14. The molecule has 0 aromatic heterocycles. The maximum absolute atomic E-state index is 11.6. The molecule has 0 atom stereocenters. The number of hydrogen-bond donors (Lipinski definition) is 2. The van der Waals surface area contributed by atoms with E-state index in [1.54, 1.807) is 13.8 Å². The van der Waals surface area contributed by atoms with Gasteiger partial charge in [0.15, 0.2) is 0 Å². The molecule has 2 N–H and O–H groups in total. The maximum Gasteiger partial charge on any atom is 0.411 e. The largest absolute Gasteiger partial charge is 0.450 e. The summed E-state index contributed by atoms with van der Waals surface area (Å²) in [5, 5.41) is 5.44. The number of benzene rings is 2. The number of ether oxygens (including phenoxy) is 2. The predicted octanol–water partition coefficient (Wildman–Crippen LogP) is 5.11. The van der Waals surface area contributed by atoms with Crippen LogP contribution in [-0.4, -0.2) is 25.4 Å². The van der Waals surface area contributed by atoms with Gasteiger partial charge in [-0.1, -0.05) is 12.1 Å². The summed E-state index contributed by atoms with van der Waals surface area (Å²) in [6.45, 7) is 8.03. The van der Waals surface area contributed by atoms with Crippen molar-refractivity contribution in [3.05, 3.63) is 47.5 Å². The van der Waals surface area contributed by atoms with Crippen LogP contribution in [-0.2, 0) is 9.47 Å². The van der Waals surface area contributed by atoms with Gasteiger partial charge >= 0.3 is 12.2 Å². The van der Waals surface area contributed by atoms with E-state index in [-0.39, 0.29) is 0 Å². The van der Waals surface area contributed by atoms with Gasteiger partial charge in [0.1, 0.15) is 0 Å². The first-order valence-electron chi connectivity index (χ1n) is 8.53. The lowest BCUT2D eigenvalue weighted by molar-refractivity contribution is 0.167. The lowest BCUT2D eigenvalue weighted by atomic mass is 10.00. The van der Waals surface area contributed by atoms with E-state index in [0.717, 1.165) is 22.3 Å². The number of nitrogens with one attached hydrogen (secondary N) is 2. The highest BCUT2D eigenvalue weighted by Gasteiger charge is 2.09. The molecule has 138 valence electrons. The summed E-state index contributed by atoms with van der Waals surface area (Å²) in [5.41, 5.74) is 5.32. The van der Waals surface area contributed by atoms with E-state index in [1.807, 2.05) is 50.2 Å². The summed E-state index contributed by atoms with van der Waals surface area (Å²) in [7, 11) is 0. The molecule has 0 spiro atoms. The second kappa shape index (κ2) is 8.89. The van der Waals surface area contributed by atoms with E-state index in [9.17, 15) is 9.59 Å². The van der Waals surface area contributed by atoms with Crippen LogP contribution in [0, 0.1) is 13.8 Å². The Kier molecular flexibility index (Phi) is 6.60. The number of anilines is 2. The van der Waals surface area contributed by atoms with E-state index in [0.29, 0.717) is 24.6 Å². The highest BCUT2D eigenvalue weighted by Crippen LogP contribution is 2.28. The summed E-state index contributed by atoms with van der Waals surface area (Å²) in [4.78, 5) is 23.1. The number of hydrogen-bond acceptors (Lipinski definition) is 4. The lowest BCUT2D eigenvalue weighted by Gasteiger charge is -2.12. The molecule has 2 aromatic carbocycles. The van der Waals surface area contributed by atoms with Crippen molar-refractivity contribution >= 4 is 23.6 Å². The molecule has 0 fully saturated rings. The molecule has 0 bridgehead atoms. The van der Waals surface area contributed by atoms with Crippen LogP contribution in [0.2, 0.25) is 0 Å². The molecule has 0 aliphatic rings. The molecule has 26 heavy (non-hydrogen) atoms. The van der Waals surface area contributed by atoms with Crippen molar-refractivity contribution in [2.75, 3.05) is 23.8 Å². The molecule has 6 nitrogen and oxygen atoms in total. The number of aryl methyl sites for hydroxylation is 2. The third kappa shape index (κ3) is 4.99. The first-order chi connectivity index (χ1) is 12.4. The Balaban J connectivity index is 2.18. The zero-order valence-corrected chi connectivity index (χ0v) is 15.5. The van der Waals surface area contributed by atoms with Crippen molar-refractivity contribution in [1.29, 1.82) is 0 Å². The van der Waals surface area contributed by atoms with Crippen LogP contribution >= 0.6 is 0 Å². The third-order valence-corrected chi connectivity index (χ3v) is 3.81. The second-order valence-electron chi connectivity index (χ2n) is 5.75. The Morgan fingerprint density at radius 3 is 1.46 bits per heavy atom. The molecule has 0 aliphatic heterocycles. The van der Waals surface area contributed by atoms with Gasteiger partial charge in [0.2, 0.25) is 0 Å². The van der Waals surface area contributed by atoms with Crippen LogP contribution in [0.4, 0.5) is 21.0 Å². The van der Waals surface area contributed by atoms with Gasteiger partial charge in [-0.15, -0.1) is 0 Å². The first-order valence-corrected chi connectivity index (χ1v) is 8.53. The maximum atomic E-state index is 11.6. The van der Waals surface area contributed by atoms with Crippen molar-refractivity contribution in [2.24, 2.45) is 0 Å². The molecule has 2 amide bonds. The smallest absolute Gasteiger partial charge is 0.411 e. The van der Waals surface area contributed by atoms with Gasteiger partial charge in [-0.25, -0.2) is 9.59 Å². The molecule has 0 saturated heterocycles. The third-order valence-electron chi connectivity index (χ3n) is 3.81. The Morgan fingerprint density at radius 2 is 1.15 bits per heavy atom. The minimum atomic E-state index is -0.464. The fourth-order valence-electron chi connectivity index (χ4n) is 2.52. The Morgan fingerprint density at radius 1 is 0.769 bits per heavy atom. The average molecular weight is 356 g/mol. The van der Waals surface area contributed by atoms with Crippen LogP contribution in [0.1, 0.15) is 25.0 Å². The summed E-state index contributed by atoms with van der Waals surface area (Å²) in [6.07, 6.45) is -0.929. The molecule has 2 rings (SSSR count). The summed E-state index contributed by atoms with van der Waals surface area (Å²) in [6, 6.07) is 11.6. The molecular weight excluding hydrogens is 332 g/mol. The summed E-state index contributed by atoms with van der Waals surface area (Å²) >= 11 is 0. The van der Waals surface area contributed by atoms with Crippen molar-refractivity contribution in [3.8, 4) is 11.1 Å². The number of carbonyl (C=O) groups is 2. The molecule has 0 radical (unpaired) electrons. The first kappa shape index (κ1) is 19.3. The van der Waals surface area contributed by atoms with Crippen LogP contribution in [0.15, 0.2) is 36.4 Å². The SMILES string of the molecule is CCOC(=O)Nc1ccc(-c2ccc(NC(=O)OCC)c(C)c2)cc1C. The van der Waals surface area contributed by atoms with Gasteiger partial charge in [0.25, 0.3) is 0 Å². The van der Waals surface area contributed by atoms with E-state index in [1.165, 1.54) is 0 Å². The predicted molar refractivity (Wildman–Crippen MR) is 103 cm³/mol. The van der Waals surface area contributed by atoms with Crippen molar-refractivity contribution in [3.63, 3.8) is 0 Å². The normalized spacial score (nSPS) is 10.2. The fraction of sp³-hybridized carbons (Fsp3) is 0.300. The van der Waals surface area contributed by atoms with Crippen molar-refractivity contribution in [1.82, 2.24) is 0 Å². The average Bonchev–Trinajstić information content (AvgIpc) is 2.59. The zero-order valence-electron chi connectivity index (χ0n) is 15.5. The summed E-state index contributed by atoms with van der Waals surface area (Å²) in [5.74, 6) is 0. The molecular formula is C20H24N2O4. The van der Waals surface area contributed by atoms with Crippen molar-refractivity contribution in [2.45, 2.75) is 27.7 Å². The van der Waals surface area contributed by atoms with Crippen molar-refractivity contribution < 1.29 is 19.1 Å². The zero-order chi connectivity index (χ0) is 19.1. The van der Waals surface area contributed by atoms with Crippen LogP contribution in [0.5, 0.6) is 0 Å². The molecule has 6 heteroatoms.